The Balaban J connectivity index is 2.42. The quantitative estimate of drug-likeness (QED) is 0.850. The van der Waals surface area contributed by atoms with E-state index >= 15 is 0 Å². The molecule has 0 aromatic heterocycles. The van der Waals surface area contributed by atoms with Crippen LogP contribution in [0, 0.1) is 13.8 Å². The van der Waals surface area contributed by atoms with Crippen molar-refractivity contribution in [2.24, 2.45) is 5.73 Å². The second kappa shape index (κ2) is 5.15. The van der Waals surface area contributed by atoms with Gasteiger partial charge >= 0.3 is 0 Å². The molecule has 2 aromatic rings. The van der Waals surface area contributed by atoms with E-state index in [1.807, 2.05) is 0 Å². The van der Waals surface area contributed by atoms with Gasteiger partial charge in [0.15, 0.2) is 0 Å². The molecular weight excluding hydrogens is 206 g/mol. The first kappa shape index (κ1) is 11.9. The van der Waals surface area contributed by atoms with Crippen LogP contribution in [0.5, 0.6) is 0 Å². The third-order valence-electron chi connectivity index (χ3n) is 3.11. The van der Waals surface area contributed by atoms with E-state index in [1.165, 1.54) is 27.8 Å². The van der Waals surface area contributed by atoms with Crippen LogP contribution in [-0.2, 0) is 6.42 Å². The van der Waals surface area contributed by atoms with Gasteiger partial charge in [0.2, 0.25) is 0 Å². The molecule has 0 fully saturated rings. The van der Waals surface area contributed by atoms with Crippen molar-refractivity contribution in [3.05, 3.63) is 59.2 Å². The van der Waals surface area contributed by atoms with Gasteiger partial charge in [-0.2, -0.15) is 0 Å². The fourth-order valence-electron chi connectivity index (χ4n) is 2.10. The van der Waals surface area contributed by atoms with Gasteiger partial charge in [0.05, 0.1) is 0 Å². The smallest absolute Gasteiger partial charge is 0.00366 e. The summed E-state index contributed by atoms with van der Waals surface area (Å²) in [6, 6.07) is 15.2. The minimum absolute atomic E-state index is 0.706. The molecule has 88 valence electrons. The molecule has 0 unspecified atom stereocenters. The molecule has 0 amide bonds. The topological polar surface area (TPSA) is 26.0 Å². The van der Waals surface area contributed by atoms with Crippen LogP contribution in [0.2, 0.25) is 0 Å². The summed E-state index contributed by atoms with van der Waals surface area (Å²) in [6.07, 6.45) is 0.950. The summed E-state index contributed by atoms with van der Waals surface area (Å²) in [5, 5.41) is 0. The van der Waals surface area contributed by atoms with Crippen LogP contribution in [0.15, 0.2) is 42.5 Å². The Labute approximate surface area is 103 Å². The van der Waals surface area contributed by atoms with Crippen LogP contribution in [0.25, 0.3) is 11.1 Å². The van der Waals surface area contributed by atoms with Crippen molar-refractivity contribution in [2.45, 2.75) is 20.3 Å². The summed E-state index contributed by atoms with van der Waals surface area (Å²) in [5.41, 5.74) is 12.2. The Morgan fingerprint density at radius 1 is 0.941 bits per heavy atom. The number of benzene rings is 2. The van der Waals surface area contributed by atoms with E-state index in [2.05, 4.69) is 56.3 Å². The highest BCUT2D eigenvalue weighted by atomic mass is 14.5. The molecule has 2 rings (SSSR count). The van der Waals surface area contributed by atoms with Gasteiger partial charge in [-0.3, -0.25) is 0 Å². The first-order valence-corrected chi connectivity index (χ1v) is 6.07. The molecule has 0 aliphatic heterocycles. The average molecular weight is 225 g/mol. The van der Waals surface area contributed by atoms with E-state index in [0.717, 1.165) is 6.42 Å². The zero-order valence-electron chi connectivity index (χ0n) is 10.5. The first-order valence-electron chi connectivity index (χ1n) is 6.07. The van der Waals surface area contributed by atoms with Gasteiger partial charge in [0.1, 0.15) is 0 Å². The Morgan fingerprint density at radius 3 is 2.41 bits per heavy atom. The zero-order chi connectivity index (χ0) is 12.3. The number of rotatable bonds is 3. The molecule has 0 saturated heterocycles. The van der Waals surface area contributed by atoms with Crippen LogP contribution >= 0.6 is 0 Å². The molecule has 0 atom stereocenters. The Bertz CT molecular complexity index is 515. The van der Waals surface area contributed by atoms with Crippen molar-refractivity contribution in [2.75, 3.05) is 6.54 Å². The fraction of sp³-hybridized carbons (Fsp3) is 0.250. The molecule has 0 heterocycles. The second-order valence-electron chi connectivity index (χ2n) is 4.55. The number of hydrogen-bond acceptors (Lipinski definition) is 1. The summed E-state index contributed by atoms with van der Waals surface area (Å²) in [5.74, 6) is 0. The van der Waals surface area contributed by atoms with Crippen molar-refractivity contribution >= 4 is 0 Å². The number of aryl methyl sites for hydroxylation is 2. The molecule has 0 spiro atoms. The summed E-state index contributed by atoms with van der Waals surface area (Å²) in [6.45, 7) is 4.97. The van der Waals surface area contributed by atoms with Crippen molar-refractivity contribution in [1.82, 2.24) is 0 Å². The van der Waals surface area contributed by atoms with Crippen LogP contribution < -0.4 is 5.73 Å². The van der Waals surface area contributed by atoms with Gasteiger partial charge in [-0.1, -0.05) is 48.0 Å². The van der Waals surface area contributed by atoms with Crippen molar-refractivity contribution in [3.63, 3.8) is 0 Å². The molecule has 17 heavy (non-hydrogen) atoms. The molecular formula is C16H19N. The maximum Gasteiger partial charge on any atom is -0.00366 e. The third-order valence-corrected chi connectivity index (χ3v) is 3.11. The van der Waals surface area contributed by atoms with Crippen molar-refractivity contribution in [3.8, 4) is 11.1 Å². The van der Waals surface area contributed by atoms with Crippen LogP contribution in [0.4, 0.5) is 0 Å². The maximum absolute atomic E-state index is 5.64. The van der Waals surface area contributed by atoms with E-state index in [-0.39, 0.29) is 0 Å². The molecule has 1 heteroatoms. The lowest BCUT2D eigenvalue weighted by Crippen LogP contribution is -2.04. The van der Waals surface area contributed by atoms with Gasteiger partial charge in [-0.15, -0.1) is 0 Å². The average Bonchev–Trinajstić information content (AvgIpc) is 2.32. The Morgan fingerprint density at radius 2 is 1.71 bits per heavy atom. The number of nitrogens with two attached hydrogens (primary N) is 1. The summed E-state index contributed by atoms with van der Waals surface area (Å²) in [7, 11) is 0. The predicted molar refractivity (Wildman–Crippen MR) is 74.1 cm³/mol. The van der Waals surface area contributed by atoms with E-state index in [9.17, 15) is 0 Å². The molecule has 2 N–H and O–H groups in total. The van der Waals surface area contributed by atoms with Crippen LogP contribution in [0.3, 0.4) is 0 Å². The highest BCUT2D eigenvalue weighted by Gasteiger charge is 2.02. The summed E-state index contributed by atoms with van der Waals surface area (Å²) in [4.78, 5) is 0. The zero-order valence-corrected chi connectivity index (χ0v) is 10.5. The maximum atomic E-state index is 5.64. The highest BCUT2D eigenvalue weighted by molar-refractivity contribution is 5.65. The van der Waals surface area contributed by atoms with E-state index < -0.39 is 0 Å². The lowest BCUT2D eigenvalue weighted by Gasteiger charge is -2.09. The second-order valence-corrected chi connectivity index (χ2v) is 4.55. The van der Waals surface area contributed by atoms with Gasteiger partial charge in [-0.25, -0.2) is 0 Å². The molecule has 0 aliphatic rings. The van der Waals surface area contributed by atoms with E-state index in [0.29, 0.717) is 6.54 Å². The van der Waals surface area contributed by atoms with Gasteiger partial charge in [0.25, 0.3) is 0 Å². The largest absolute Gasteiger partial charge is 0.330 e. The molecule has 2 aromatic carbocycles. The monoisotopic (exact) mass is 225 g/mol. The minimum atomic E-state index is 0.706. The van der Waals surface area contributed by atoms with Gasteiger partial charge in [-0.05, 0) is 49.1 Å². The Hall–Kier alpha value is -1.60. The predicted octanol–water partition coefficient (Wildman–Crippen LogP) is 3.47. The van der Waals surface area contributed by atoms with Crippen LogP contribution in [-0.4, -0.2) is 6.54 Å². The lowest BCUT2D eigenvalue weighted by molar-refractivity contribution is 0.958. The van der Waals surface area contributed by atoms with Crippen molar-refractivity contribution < 1.29 is 0 Å². The molecule has 0 radical (unpaired) electrons. The minimum Gasteiger partial charge on any atom is -0.330 e. The highest BCUT2D eigenvalue weighted by Crippen LogP contribution is 2.23. The van der Waals surface area contributed by atoms with Crippen molar-refractivity contribution in [1.29, 1.82) is 0 Å². The van der Waals surface area contributed by atoms with Gasteiger partial charge in [0, 0.05) is 0 Å². The summed E-state index contributed by atoms with van der Waals surface area (Å²) < 4.78 is 0. The first-order chi connectivity index (χ1) is 8.20. The standard InChI is InChI=1S/C16H19N/c1-12-4-3-5-15(10-12)16-7-6-13(2)14(11-16)8-9-17/h3-7,10-11H,8-9,17H2,1-2H3. The fourth-order valence-corrected chi connectivity index (χ4v) is 2.10. The van der Waals surface area contributed by atoms with E-state index in [4.69, 9.17) is 5.73 Å². The van der Waals surface area contributed by atoms with Crippen LogP contribution in [0.1, 0.15) is 16.7 Å². The normalized spacial score (nSPS) is 10.5. The number of hydrogen-bond donors (Lipinski definition) is 1. The summed E-state index contributed by atoms with van der Waals surface area (Å²) >= 11 is 0. The molecule has 0 bridgehead atoms. The molecule has 0 saturated carbocycles. The lowest BCUT2D eigenvalue weighted by atomic mass is 9.97. The van der Waals surface area contributed by atoms with E-state index in [1.54, 1.807) is 0 Å². The molecule has 1 nitrogen and oxygen atoms in total. The third kappa shape index (κ3) is 2.75. The Kier molecular flexibility index (Phi) is 3.60. The SMILES string of the molecule is Cc1cccc(-c2ccc(C)c(CCN)c2)c1. The van der Waals surface area contributed by atoms with Gasteiger partial charge < -0.3 is 5.73 Å². The molecule has 0 aliphatic carbocycles.